The van der Waals surface area contributed by atoms with Crippen LogP contribution in [0.25, 0.3) is 0 Å². The average molecular weight is 364 g/mol. The third-order valence-electron chi connectivity index (χ3n) is 5.65. The highest BCUT2D eigenvalue weighted by Gasteiger charge is 2.38. The van der Waals surface area contributed by atoms with Crippen LogP contribution in [0.4, 0.5) is 0 Å². The number of carbonyl (C=O) groups is 1. The monoisotopic (exact) mass is 364 g/mol. The van der Waals surface area contributed by atoms with Gasteiger partial charge in [0.15, 0.2) is 5.82 Å². The van der Waals surface area contributed by atoms with E-state index in [1.54, 1.807) is 0 Å². The van der Waals surface area contributed by atoms with Crippen LogP contribution in [-0.2, 0) is 16.0 Å². The second kappa shape index (κ2) is 8.95. The van der Waals surface area contributed by atoms with Gasteiger partial charge in [-0.05, 0) is 12.8 Å². The molecule has 1 aromatic rings. The Hall–Kier alpha value is -1.47. The number of ether oxygens (including phenoxy) is 1. The Labute approximate surface area is 155 Å². The molecule has 2 heterocycles. The summed E-state index contributed by atoms with van der Waals surface area (Å²) in [7, 11) is 0. The molecule has 1 aliphatic carbocycles. The normalized spacial score (nSPS) is 21.0. The summed E-state index contributed by atoms with van der Waals surface area (Å²) in [5, 5.41) is 7.13. The molecule has 3 rings (SSSR count). The van der Waals surface area contributed by atoms with Crippen molar-refractivity contribution in [2.24, 2.45) is 0 Å². The minimum absolute atomic E-state index is 0.0625. The highest BCUT2D eigenvalue weighted by Crippen LogP contribution is 2.33. The molecule has 0 spiro atoms. The summed E-state index contributed by atoms with van der Waals surface area (Å²) in [6, 6.07) is 0. The van der Waals surface area contributed by atoms with Crippen molar-refractivity contribution in [2.45, 2.75) is 70.3 Å². The highest BCUT2D eigenvalue weighted by molar-refractivity contribution is 5.76. The molecule has 1 N–H and O–H groups in total. The van der Waals surface area contributed by atoms with Crippen LogP contribution in [0.1, 0.15) is 70.0 Å². The predicted octanol–water partition coefficient (Wildman–Crippen LogP) is 2.28. The molecule has 7 heteroatoms. The maximum atomic E-state index is 12.4. The molecule has 1 aromatic heterocycles. The number of aromatic nitrogens is 2. The Morgan fingerprint density at radius 2 is 1.96 bits per heavy atom. The minimum atomic E-state index is 0.0625. The highest BCUT2D eigenvalue weighted by atomic mass is 16.5. The van der Waals surface area contributed by atoms with E-state index >= 15 is 0 Å². The fourth-order valence-corrected chi connectivity index (χ4v) is 4.03. The smallest absolute Gasteiger partial charge is 0.227 e. The zero-order valence-corrected chi connectivity index (χ0v) is 16.1. The van der Waals surface area contributed by atoms with Gasteiger partial charge in [0.1, 0.15) is 0 Å². The summed E-state index contributed by atoms with van der Waals surface area (Å²) < 4.78 is 10.7. The molecule has 0 bridgehead atoms. The van der Waals surface area contributed by atoms with Crippen molar-refractivity contribution in [3.05, 3.63) is 11.7 Å². The lowest BCUT2D eigenvalue weighted by Gasteiger charge is -2.48. The molecule has 7 nitrogen and oxygen atoms in total. The first-order valence-electron chi connectivity index (χ1n) is 10.0. The number of nitrogens with zero attached hydrogens (tertiary/aromatic N) is 3. The molecule has 26 heavy (non-hydrogen) atoms. The first-order chi connectivity index (χ1) is 12.6. The average Bonchev–Trinajstić information content (AvgIpc) is 3.16. The van der Waals surface area contributed by atoms with Gasteiger partial charge in [0.05, 0.1) is 13.2 Å². The summed E-state index contributed by atoms with van der Waals surface area (Å²) >= 11 is 0. The first kappa shape index (κ1) is 19.3. The number of nitrogens with one attached hydrogen (secondary N) is 1. The van der Waals surface area contributed by atoms with Gasteiger partial charge < -0.3 is 14.6 Å². The zero-order chi connectivity index (χ0) is 18.4. The summed E-state index contributed by atoms with van der Waals surface area (Å²) in [6.45, 7) is 8.31. The Morgan fingerprint density at radius 1 is 1.23 bits per heavy atom. The van der Waals surface area contributed by atoms with E-state index < -0.39 is 0 Å². The van der Waals surface area contributed by atoms with Gasteiger partial charge in [0, 0.05) is 43.9 Å². The maximum Gasteiger partial charge on any atom is 0.227 e. The van der Waals surface area contributed by atoms with E-state index in [9.17, 15) is 4.79 Å². The topological polar surface area (TPSA) is 80.5 Å². The Morgan fingerprint density at radius 3 is 2.62 bits per heavy atom. The minimum Gasteiger partial charge on any atom is -0.379 e. The summed E-state index contributed by atoms with van der Waals surface area (Å²) in [5.41, 5.74) is 0.104. The fraction of sp³-hybridized carbons (Fsp3) is 0.842. The molecule has 146 valence electrons. The molecular formula is C19H32N4O3. The van der Waals surface area contributed by atoms with E-state index in [2.05, 4.69) is 20.4 Å². The molecule has 2 fully saturated rings. The Bertz CT molecular complexity index is 575. The number of amides is 1. The summed E-state index contributed by atoms with van der Waals surface area (Å²) in [5.74, 6) is 1.55. The van der Waals surface area contributed by atoms with Crippen molar-refractivity contribution in [1.82, 2.24) is 20.4 Å². The number of carbonyl (C=O) groups excluding carboxylic acids is 1. The Kier molecular flexibility index (Phi) is 6.64. The number of rotatable bonds is 7. The van der Waals surface area contributed by atoms with Gasteiger partial charge in [0.2, 0.25) is 11.8 Å². The van der Waals surface area contributed by atoms with E-state index in [1.807, 2.05) is 13.8 Å². The lowest BCUT2D eigenvalue weighted by atomic mass is 9.79. The van der Waals surface area contributed by atoms with E-state index in [0.717, 1.165) is 45.7 Å². The van der Waals surface area contributed by atoms with Gasteiger partial charge >= 0.3 is 0 Å². The number of aryl methyl sites for hydroxylation is 1. The number of hydrogen-bond acceptors (Lipinski definition) is 6. The molecule has 1 saturated carbocycles. The molecule has 0 unspecified atom stereocenters. The summed E-state index contributed by atoms with van der Waals surface area (Å²) in [4.78, 5) is 19.3. The molecule has 2 aliphatic rings. The van der Waals surface area contributed by atoms with Crippen molar-refractivity contribution in [1.29, 1.82) is 0 Å². The number of hydrogen-bond donors (Lipinski definition) is 1. The molecule has 1 saturated heterocycles. The van der Waals surface area contributed by atoms with Crippen LogP contribution in [0.15, 0.2) is 4.52 Å². The van der Waals surface area contributed by atoms with Crippen molar-refractivity contribution < 1.29 is 14.1 Å². The van der Waals surface area contributed by atoms with Gasteiger partial charge in [-0.25, -0.2) is 0 Å². The van der Waals surface area contributed by atoms with Crippen LogP contribution in [0, 0.1) is 0 Å². The lowest BCUT2D eigenvalue weighted by molar-refractivity contribution is -0.122. The van der Waals surface area contributed by atoms with Crippen molar-refractivity contribution in [3.63, 3.8) is 0 Å². The SMILES string of the molecule is CC(C)c1noc(CCC(=O)NCC2(N3CCOCC3)CCCCC2)n1. The van der Waals surface area contributed by atoms with Crippen LogP contribution in [0.2, 0.25) is 0 Å². The van der Waals surface area contributed by atoms with E-state index in [0.29, 0.717) is 24.6 Å². The molecular weight excluding hydrogens is 332 g/mol. The van der Waals surface area contributed by atoms with E-state index in [-0.39, 0.29) is 17.4 Å². The maximum absolute atomic E-state index is 12.4. The van der Waals surface area contributed by atoms with Crippen LogP contribution in [0.5, 0.6) is 0 Å². The molecule has 1 aliphatic heterocycles. The second-order valence-corrected chi connectivity index (χ2v) is 7.86. The third kappa shape index (κ3) is 4.82. The van der Waals surface area contributed by atoms with Gasteiger partial charge in [0.25, 0.3) is 0 Å². The van der Waals surface area contributed by atoms with Crippen LogP contribution in [0.3, 0.4) is 0 Å². The van der Waals surface area contributed by atoms with Crippen molar-refractivity contribution >= 4 is 5.91 Å². The van der Waals surface area contributed by atoms with E-state index in [1.165, 1.54) is 19.3 Å². The van der Waals surface area contributed by atoms with E-state index in [4.69, 9.17) is 9.26 Å². The summed E-state index contributed by atoms with van der Waals surface area (Å²) in [6.07, 6.45) is 6.99. The number of morpholine rings is 1. The quantitative estimate of drug-likeness (QED) is 0.799. The van der Waals surface area contributed by atoms with Crippen LogP contribution in [-0.4, -0.2) is 59.3 Å². The van der Waals surface area contributed by atoms with Crippen molar-refractivity contribution in [3.8, 4) is 0 Å². The standard InChI is InChI=1S/C19H32N4O3/c1-15(2)18-21-17(26-22-18)7-6-16(24)20-14-19(8-4-3-5-9-19)23-10-12-25-13-11-23/h15H,3-14H2,1-2H3,(H,20,24). The van der Waals surface area contributed by atoms with Gasteiger partial charge in [-0.2, -0.15) is 4.98 Å². The predicted molar refractivity (Wildman–Crippen MR) is 97.9 cm³/mol. The molecule has 0 aromatic carbocycles. The van der Waals surface area contributed by atoms with Crippen molar-refractivity contribution in [2.75, 3.05) is 32.8 Å². The van der Waals surface area contributed by atoms with Gasteiger partial charge in [-0.3, -0.25) is 9.69 Å². The zero-order valence-electron chi connectivity index (χ0n) is 16.1. The molecule has 0 atom stereocenters. The van der Waals surface area contributed by atoms with Crippen LogP contribution >= 0.6 is 0 Å². The molecule has 1 amide bonds. The Balaban J connectivity index is 1.50. The second-order valence-electron chi connectivity index (χ2n) is 7.86. The lowest BCUT2D eigenvalue weighted by Crippen LogP contribution is -2.59. The fourth-order valence-electron chi connectivity index (χ4n) is 4.03. The molecule has 0 radical (unpaired) electrons. The first-order valence-corrected chi connectivity index (χ1v) is 10.0. The van der Waals surface area contributed by atoms with Gasteiger partial charge in [-0.1, -0.05) is 38.3 Å². The third-order valence-corrected chi connectivity index (χ3v) is 5.65. The largest absolute Gasteiger partial charge is 0.379 e. The van der Waals surface area contributed by atoms with Gasteiger partial charge in [-0.15, -0.1) is 0 Å². The van der Waals surface area contributed by atoms with Crippen LogP contribution < -0.4 is 5.32 Å².